The largest absolute Gasteiger partial charge is 0.369 e. The maximum absolute atomic E-state index is 13.1. The van der Waals surface area contributed by atoms with E-state index in [4.69, 9.17) is 10.7 Å². The van der Waals surface area contributed by atoms with Crippen molar-refractivity contribution in [2.24, 2.45) is 0 Å². The molecule has 0 radical (unpaired) electrons. The van der Waals surface area contributed by atoms with Crippen LogP contribution in [-0.2, 0) is 6.54 Å². The van der Waals surface area contributed by atoms with Gasteiger partial charge >= 0.3 is 0 Å². The molecule has 7 heteroatoms. The number of hydrogen-bond acceptors (Lipinski definition) is 5. The third-order valence-electron chi connectivity index (χ3n) is 6.00. The highest BCUT2D eigenvalue weighted by Crippen LogP contribution is 2.19. The Bertz CT molecular complexity index is 804. The summed E-state index contributed by atoms with van der Waals surface area (Å²) in [6, 6.07) is 3.67. The predicted molar refractivity (Wildman–Crippen MR) is 129 cm³/mol. The van der Waals surface area contributed by atoms with Crippen LogP contribution >= 0.6 is 0 Å². The Kier molecular flexibility index (Phi) is 10.2. The van der Waals surface area contributed by atoms with Crippen LogP contribution in [0, 0.1) is 0 Å². The molecule has 0 bridgehead atoms. The summed E-state index contributed by atoms with van der Waals surface area (Å²) < 4.78 is 1.97. The number of fused-ring (bicyclic) bond motifs is 1. The summed E-state index contributed by atoms with van der Waals surface area (Å²) in [5.74, 6) is 0.494. The smallest absolute Gasteiger partial charge is 0.272 e. The summed E-state index contributed by atoms with van der Waals surface area (Å²) in [7, 11) is 0. The first-order valence-electron chi connectivity index (χ1n) is 11.8. The van der Waals surface area contributed by atoms with Crippen molar-refractivity contribution >= 4 is 23.0 Å². The molecule has 174 valence electrons. The number of nitrogens with two attached hydrogens (primary N) is 1. The molecule has 0 atom stereocenters. The van der Waals surface area contributed by atoms with Crippen LogP contribution in [0.4, 0.5) is 5.95 Å². The first kappa shape index (κ1) is 25.1. The second kappa shape index (κ2) is 12.6. The molecule has 1 saturated heterocycles. The molecule has 1 aliphatic rings. The second-order valence-electron chi connectivity index (χ2n) is 8.42. The molecule has 2 aromatic heterocycles. The van der Waals surface area contributed by atoms with Crippen LogP contribution in [0.1, 0.15) is 83.1 Å². The van der Waals surface area contributed by atoms with Crippen LogP contribution in [-0.4, -0.2) is 63.0 Å². The second-order valence-corrected chi connectivity index (χ2v) is 8.42. The predicted octanol–water partition coefficient (Wildman–Crippen LogP) is 4.57. The van der Waals surface area contributed by atoms with E-state index in [-0.39, 0.29) is 13.3 Å². The Hall–Kier alpha value is -2.15. The molecule has 3 rings (SSSR count). The van der Waals surface area contributed by atoms with Gasteiger partial charge in [-0.25, -0.2) is 9.97 Å². The summed E-state index contributed by atoms with van der Waals surface area (Å²) in [6.07, 6.45) is 9.13. The van der Waals surface area contributed by atoms with Gasteiger partial charge in [0.05, 0.1) is 0 Å². The Morgan fingerprint density at radius 1 is 1.00 bits per heavy atom. The number of nitrogen functional groups attached to an aromatic ring is 1. The van der Waals surface area contributed by atoms with Crippen LogP contribution in [0.15, 0.2) is 12.1 Å². The Labute approximate surface area is 188 Å². The lowest BCUT2D eigenvalue weighted by Crippen LogP contribution is -2.33. The lowest BCUT2D eigenvalue weighted by atomic mass is 10.1. The SMILES string of the molecule is C.CCCCN(CCCC)C(=O)c1ccc2nc(N)n(CCCN3CCCCC3)c2n1. The van der Waals surface area contributed by atoms with E-state index in [9.17, 15) is 4.79 Å². The van der Waals surface area contributed by atoms with Crippen LogP contribution in [0.3, 0.4) is 0 Å². The minimum Gasteiger partial charge on any atom is -0.369 e. The quantitative estimate of drug-likeness (QED) is 0.565. The van der Waals surface area contributed by atoms with Crippen molar-refractivity contribution in [1.29, 1.82) is 0 Å². The zero-order chi connectivity index (χ0) is 21.3. The minimum atomic E-state index is 0. The number of carbonyl (C=O) groups is 1. The standard InChI is InChI=1S/C23H38N6O.CH4/c1-3-5-16-28(17-6-4-2)22(30)20-12-11-19-21(25-20)29(23(24)26-19)18-10-15-27-13-8-7-9-14-27;/h11-12H,3-10,13-18H2,1-2H3,(H2,24,26);1H4. The van der Waals surface area contributed by atoms with Crippen LogP contribution < -0.4 is 5.73 Å². The number of likely N-dealkylation sites (tertiary alicyclic amines) is 1. The van der Waals surface area contributed by atoms with Crippen LogP contribution in [0.2, 0.25) is 0 Å². The van der Waals surface area contributed by atoms with E-state index < -0.39 is 0 Å². The first-order chi connectivity index (χ1) is 14.6. The van der Waals surface area contributed by atoms with Crippen LogP contribution in [0.5, 0.6) is 0 Å². The zero-order valence-electron chi connectivity index (χ0n) is 18.8. The topological polar surface area (TPSA) is 80.3 Å². The Morgan fingerprint density at radius 3 is 2.32 bits per heavy atom. The summed E-state index contributed by atoms with van der Waals surface area (Å²) in [5, 5.41) is 0. The fourth-order valence-corrected chi connectivity index (χ4v) is 4.17. The number of pyridine rings is 1. The van der Waals surface area contributed by atoms with Crippen molar-refractivity contribution < 1.29 is 4.79 Å². The van der Waals surface area contributed by atoms with Crippen LogP contribution in [0.25, 0.3) is 11.2 Å². The number of unbranched alkanes of at least 4 members (excludes halogenated alkanes) is 2. The van der Waals surface area contributed by atoms with Crippen molar-refractivity contribution in [3.05, 3.63) is 17.8 Å². The van der Waals surface area contributed by atoms with Crippen molar-refractivity contribution in [1.82, 2.24) is 24.3 Å². The number of piperidine rings is 1. The Morgan fingerprint density at radius 2 is 1.68 bits per heavy atom. The number of anilines is 1. The highest BCUT2D eigenvalue weighted by Gasteiger charge is 2.19. The molecule has 1 amide bonds. The molecule has 0 saturated carbocycles. The molecule has 0 aliphatic carbocycles. The molecule has 0 aromatic carbocycles. The number of rotatable bonds is 11. The van der Waals surface area contributed by atoms with Gasteiger partial charge in [-0.2, -0.15) is 0 Å². The van der Waals surface area contributed by atoms with Gasteiger partial charge in [-0.05, 0) is 63.9 Å². The molecular weight excluding hydrogens is 388 g/mol. The van der Waals surface area contributed by atoms with Gasteiger partial charge in [0, 0.05) is 19.6 Å². The molecule has 31 heavy (non-hydrogen) atoms. The molecule has 1 aliphatic heterocycles. The van der Waals surface area contributed by atoms with Gasteiger partial charge in [0.25, 0.3) is 5.91 Å². The van der Waals surface area contributed by atoms with Crippen molar-refractivity contribution in [2.45, 2.75) is 79.2 Å². The highest BCUT2D eigenvalue weighted by molar-refractivity contribution is 5.94. The zero-order valence-corrected chi connectivity index (χ0v) is 18.8. The molecule has 7 nitrogen and oxygen atoms in total. The minimum absolute atomic E-state index is 0. The molecule has 1 fully saturated rings. The summed E-state index contributed by atoms with van der Waals surface area (Å²) in [6.45, 7) is 10.1. The molecule has 3 heterocycles. The van der Waals surface area contributed by atoms with Crippen molar-refractivity contribution in [2.75, 3.05) is 38.5 Å². The van der Waals surface area contributed by atoms with E-state index in [1.165, 1.54) is 32.4 Å². The van der Waals surface area contributed by atoms with Gasteiger partial charge in [-0.3, -0.25) is 9.36 Å². The lowest BCUT2D eigenvalue weighted by Gasteiger charge is -2.26. The number of imidazole rings is 1. The molecule has 2 N–H and O–H groups in total. The van der Waals surface area contributed by atoms with Gasteiger partial charge in [0.1, 0.15) is 11.2 Å². The van der Waals surface area contributed by atoms with Gasteiger partial charge < -0.3 is 15.5 Å². The highest BCUT2D eigenvalue weighted by atomic mass is 16.2. The summed E-state index contributed by atoms with van der Waals surface area (Å²) in [5.41, 5.74) is 8.17. The van der Waals surface area contributed by atoms with Gasteiger partial charge in [-0.1, -0.05) is 40.5 Å². The lowest BCUT2D eigenvalue weighted by molar-refractivity contribution is 0.0745. The third-order valence-corrected chi connectivity index (χ3v) is 6.00. The van der Waals surface area contributed by atoms with Crippen molar-refractivity contribution in [3.8, 4) is 0 Å². The molecular formula is C24H42N6O. The Balaban J connectivity index is 0.00000341. The molecule has 2 aromatic rings. The van der Waals surface area contributed by atoms with E-state index in [1.807, 2.05) is 15.5 Å². The monoisotopic (exact) mass is 430 g/mol. The number of aromatic nitrogens is 3. The maximum Gasteiger partial charge on any atom is 0.272 e. The van der Waals surface area contributed by atoms with Gasteiger partial charge in [0.2, 0.25) is 5.95 Å². The number of carbonyl (C=O) groups excluding carboxylic acids is 1. The van der Waals surface area contributed by atoms with E-state index in [0.717, 1.165) is 69.4 Å². The summed E-state index contributed by atoms with van der Waals surface area (Å²) >= 11 is 0. The number of aryl methyl sites for hydroxylation is 1. The summed E-state index contributed by atoms with van der Waals surface area (Å²) in [4.78, 5) is 26.8. The number of nitrogens with zero attached hydrogens (tertiary/aromatic N) is 5. The first-order valence-corrected chi connectivity index (χ1v) is 11.8. The fourth-order valence-electron chi connectivity index (χ4n) is 4.17. The van der Waals surface area contributed by atoms with E-state index in [2.05, 4.69) is 23.7 Å². The number of amides is 1. The molecule has 0 spiro atoms. The maximum atomic E-state index is 13.1. The third kappa shape index (κ3) is 6.66. The van der Waals surface area contributed by atoms with E-state index in [0.29, 0.717) is 11.6 Å². The van der Waals surface area contributed by atoms with E-state index in [1.54, 1.807) is 6.07 Å². The van der Waals surface area contributed by atoms with Gasteiger partial charge in [0.15, 0.2) is 5.65 Å². The normalized spacial score (nSPS) is 14.5. The fraction of sp³-hybridized carbons (Fsp3) is 0.708. The van der Waals surface area contributed by atoms with E-state index >= 15 is 0 Å². The molecule has 0 unspecified atom stereocenters. The van der Waals surface area contributed by atoms with Crippen molar-refractivity contribution in [3.63, 3.8) is 0 Å². The van der Waals surface area contributed by atoms with Gasteiger partial charge in [-0.15, -0.1) is 0 Å². The average molecular weight is 431 g/mol. The average Bonchev–Trinajstić information content (AvgIpc) is 3.08. The number of hydrogen-bond donors (Lipinski definition) is 1.